The molecule has 0 aliphatic heterocycles. The number of hydrogen-bond acceptors (Lipinski definition) is 6. The molecule has 7 nitrogen and oxygen atoms in total. The number of aromatic nitrogens is 2. The Morgan fingerprint density at radius 1 is 1.11 bits per heavy atom. The fraction of sp³-hybridized carbons (Fsp3) is 0.150. The first kappa shape index (κ1) is 19.4. The van der Waals surface area contributed by atoms with E-state index in [4.69, 9.17) is 25.8 Å². The van der Waals surface area contributed by atoms with Gasteiger partial charge in [-0.25, -0.2) is 9.48 Å². The molecule has 0 atom stereocenters. The van der Waals surface area contributed by atoms with Crippen LogP contribution in [0.3, 0.4) is 0 Å². The molecule has 0 saturated heterocycles. The molecule has 3 aromatic rings. The summed E-state index contributed by atoms with van der Waals surface area (Å²) in [5.41, 5.74) is 0.399. The van der Waals surface area contributed by atoms with Crippen LogP contribution < -0.4 is 19.8 Å². The lowest BCUT2D eigenvalue weighted by Crippen LogP contribution is -2.26. The number of carbonyl (C=O) groups is 1. The van der Waals surface area contributed by atoms with Gasteiger partial charge in [-0.1, -0.05) is 41.9 Å². The summed E-state index contributed by atoms with van der Waals surface area (Å²) < 4.78 is 16.9. The highest BCUT2D eigenvalue weighted by Gasteiger charge is 2.17. The maximum atomic E-state index is 12.6. The van der Waals surface area contributed by atoms with Crippen molar-refractivity contribution in [1.29, 1.82) is 0 Å². The second-order valence-corrected chi connectivity index (χ2v) is 6.14. The number of carbonyl (C=O) groups excluding carboxylic acids is 1. The lowest BCUT2D eigenvalue weighted by atomic mass is 10.2. The highest BCUT2D eigenvalue weighted by molar-refractivity contribution is 6.30. The average Bonchev–Trinajstić information content (AvgIpc) is 2.71. The van der Waals surface area contributed by atoms with Crippen LogP contribution in [0.1, 0.15) is 5.56 Å². The maximum Gasteiger partial charge on any atom is 0.349 e. The van der Waals surface area contributed by atoms with Crippen LogP contribution in [-0.2, 0) is 11.3 Å². The Morgan fingerprint density at radius 2 is 1.82 bits per heavy atom. The Hall–Kier alpha value is -3.32. The van der Waals surface area contributed by atoms with Crippen LogP contribution in [0.4, 0.5) is 0 Å². The predicted molar refractivity (Wildman–Crippen MR) is 103 cm³/mol. The third-order valence-electron chi connectivity index (χ3n) is 3.74. The summed E-state index contributed by atoms with van der Waals surface area (Å²) in [5.74, 6) is -0.410. The average molecular weight is 401 g/mol. The third-order valence-corrected chi connectivity index (χ3v) is 3.99. The van der Waals surface area contributed by atoms with Gasteiger partial charge in [0.15, 0.2) is 12.4 Å². The van der Waals surface area contributed by atoms with Crippen LogP contribution in [0.25, 0.3) is 0 Å². The number of esters is 1. The van der Waals surface area contributed by atoms with Gasteiger partial charge in [-0.15, -0.1) is 0 Å². The summed E-state index contributed by atoms with van der Waals surface area (Å²) in [6.45, 7) is -0.0815. The molecule has 8 heteroatoms. The van der Waals surface area contributed by atoms with E-state index < -0.39 is 11.5 Å². The summed E-state index contributed by atoms with van der Waals surface area (Å²) in [5, 5.41) is 4.61. The van der Waals surface area contributed by atoms with E-state index in [1.165, 1.54) is 18.0 Å². The summed E-state index contributed by atoms with van der Waals surface area (Å²) in [7, 11) is 1.32. The van der Waals surface area contributed by atoms with Gasteiger partial charge in [-0.3, -0.25) is 4.79 Å². The van der Waals surface area contributed by atoms with Gasteiger partial charge in [-0.05, 0) is 29.8 Å². The number of benzene rings is 2. The molecule has 3 rings (SSSR count). The SMILES string of the molecule is COc1c(OC(=O)COc2ccc(Cl)cc2)cnn(Cc2ccccc2)c1=O. The normalized spacial score (nSPS) is 10.4. The molecule has 1 aromatic heterocycles. The molecule has 0 unspecified atom stereocenters. The minimum absolute atomic E-state index is 0.0680. The molecular weight excluding hydrogens is 384 g/mol. The lowest BCUT2D eigenvalue weighted by Gasteiger charge is -2.11. The van der Waals surface area contributed by atoms with E-state index in [1.54, 1.807) is 24.3 Å². The largest absolute Gasteiger partial charge is 0.488 e. The first-order valence-electron chi connectivity index (χ1n) is 8.34. The monoisotopic (exact) mass is 400 g/mol. The fourth-order valence-corrected chi connectivity index (χ4v) is 2.54. The van der Waals surface area contributed by atoms with Crippen molar-refractivity contribution in [2.45, 2.75) is 6.54 Å². The van der Waals surface area contributed by atoms with Crippen LogP contribution >= 0.6 is 11.6 Å². The highest BCUT2D eigenvalue weighted by Crippen LogP contribution is 2.21. The Morgan fingerprint density at radius 3 is 2.50 bits per heavy atom. The molecule has 0 bridgehead atoms. The second kappa shape index (κ2) is 9.05. The van der Waals surface area contributed by atoms with E-state index in [0.29, 0.717) is 10.8 Å². The van der Waals surface area contributed by atoms with Crippen molar-refractivity contribution in [3.63, 3.8) is 0 Å². The van der Waals surface area contributed by atoms with Gasteiger partial charge in [0.2, 0.25) is 5.75 Å². The topological polar surface area (TPSA) is 79.7 Å². The molecule has 0 saturated carbocycles. The molecule has 0 amide bonds. The van der Waals surface area contributed by atoms with Gasteiger partial charge in [-0.2, -0.15) is 5.10 Å². The molecule has 0 N–H and O–H groups in total. The predicted octanol–water partition coefficient (Wildman–Crippen LogP) is 2.94. The van der Waals surface area contributed by atoms with Crippen molar-refractivity contribution in [2.75, 3.05) is 13.7 Å². The molecule has 2 aromatic carbocycles. The van der Waals surface area contributed by atoms with E-state index in [9.17, 15) is 9.59 Å². The number of nitrogens with zero attached hydrogens (tertiary/aromatic N) is 2. The van der Waals surface area contributed by atoms with Crippen LogP contribution in [-0.4, -0.2) is 29.5 Å². The van der Waals surface area contributed by atoms with E-state index in [0.717, 1.165) is 5.56 Å². The van der Waals surface area contributed by atoms with E-state index in [2.05, 4.69) is 5.10 Å². The van der Waals surface area contributed by atoms with Gasteiger partial charge < -0.3 is 14.2 Å². The number of ether oxygens (including phenoxy) is 3. The Labute approximate surface area is 166 Å². The molecule has 0 radical (unpaired) electrons. The van der Waals surface area contributed by atoms with Crippen molar-refractivity contribution >= 4 is 17.6 Å². The zero-order valence-electron chi connectivity index (χ0n) is 15.0. The lowest BCUT2D eigenvalue weighted by molar-refractivity contribution is -0.136. The maximum absolute atomic E-state index is 12.6. The van der Waals surface area contributed by atoms with E-state index in [1.807, 2.05) is 30.3 Å². The molecule has 1 heterocycles. The van der Waals surface area contributed by atoms with E-state index >= 15 is 0 Å². The molecule has 0 spiro atoms. The van der Waals surface area contributed by atoms with Gasteiger partial charge >= 0.3 is 11.5 Å². The molecule has 28 heavy (non-hydrogen) atoms. The minimum atomic E-state index is -0.699. The molecule has 0 fully saturated rings. The summed E-state index contributed by atoms with van der Waals surface area (Å²) in [4.78, 5) is 24.6. The van der Waals surface area contributed by atoms with Crippen molar-refractivity contribution in [2.24, 2.45) is 0 Å². The van der Waals surface area contributed by atoms with Crippen LogP contribution in [0, 0.1) is 0 Å². The summed E-state index contributed by atoms with van der Waals surface area (Å²) in [6.07, 6.45) is 1.27. The van der Waals surface area contributed by atoms with Crippen molar-refractivity contribution in [3.05, 3.63) is 81.7 Å². The number of rotatable bonds is 7. The Bertz CT molecular complexity index is 1000. The first-order valence-corrected chi connectivity index (χ1v) is 8.71. The van der Waals surface area contributed by atoms with Crippen molar-refractivity contribution in [1.82, 2.24) is 9.78 Å². The first-order chi connectivity index (χ1) is 13.6. The van der Waals surface area contributed by atoms with Crippen LogP contribution in [0.5, 0.6) is 17.2 Å². The Balaban J connectivity index is 1.69. The molecule has 144 valence electrons. The van der Waals surface area contributed by atoms with Gasteiger partial charge in [0.1, 0.15) is 5.75 Å². The standard InChI is InChI=1S/C20H17ClN2O5/c1-26-19-17(28-18(24)13-27-16-9-7-15(21)8-10-16)11-22-23(20(19)25)12-14-5-3-2-4-6-14/h2-11H,12-13H2,1H3. The smallest absolute Gasteiger partial charge is 0.349 e. The number of halogens is 1. The zero-order chi connectivity index (χ0) is 19.9. The molecule has 0 aliphatic rings. The van der Waals surface area contributed by atoms with Crippen molar-refractivity contribution < 1.29 is 19.0 Å². The number of methoxy groups -OCH3 is 1. The van der Waals surface area contributed by atoms with Gasteiger partial charge in [0, 0.05) is 5.02 Å². The minimum Gasteiger partial charge on any atom is -0.488 e. The quantitative estimate of drug-likeness (QED) is 0.567. The zero-order valence-corrected chi connectivity index (χ0v) is 15.8. The van der Waals surface area contributed by atoms with Gasteiger partial charge in [0.25, 0.3) is 0 Å². The van der Waals surface area contributed by atoms with Crippen LogP contribution in [0.15, 0.2) is 65.6 Å². The number of hydrogen-bond donors (Lipinski definition) is 0. The second-order valence-electron chi connectivity index (χ2n) is 5.71. The third kappa shape index (κ3) is 4.89. The highest BCUT2D eigenvalue weighted by atomic mass is 35.5. The van der Waals surface area contributed by atoms with E-state index in [-0.39, 0.29) is 24.7 Å². The van der Waals surface area contributed by atoms with Crippen LogP contribution in [0.2, 0.25) is 5.02 Å². The van der Waals surface area contributed by atoms with Gasteiger partial charge in [0.05, 0.1) is 19.9 Å². The molecule has 0 aliphatic carbocycles. The fourth-order valence-electron chi connectivity index (χ4n) is 2.41. The Kier molecular flexibility index (Phi) is 6.29. The summed E-state index contributed by atoms with van der Waals surface area (Å²) in [6, 6.07) is 15.9. The van der Waals surface area contributed by atoms with Crippen molar-refractivity contribution in [3.8, 4) is 17.2 Å². The molecular formula is C20H17ClN2O5. The summed E-state index contributed by atoms with van der Waals surface area (Å²) >= 11 is 5.79.